The van der Waals surface area contributed by atoms with Gasteiger partial charge in [-0.05, 0) is 56.8 Å². The Balaban J connectivity index is 2.41. The third-order valence-electron chi connectivity index (χ3n) is 5.78. The molecule has 1 fully saturated rings. The van der Waals surface area contributed by atoms with Crippen LogP contribution in [0.25, 0.3) is 0 Å². The molecule has 0 saturated heterocycles. The Kier molecular flexibility index (Phi) is 6.55. The number of rotatable bonds is 6. The third-order valence-corrected chi connectivity index (χ3v) is 5.78. The lowest BCUT2D eigenvalue weighted by Gasteiger charge is -2.38. The zero-order valence-corrected chi connectivity index (χ0v) is 14.8. The van der Waals surface area contributed by atoms with E-state index in [0.717, 1.165) is 44.4 Å². The van der Waals surface area contributed by atoms with Gasteiger partial charge in [0.2, 0.25) is 0 Å². The van der Waals surface area contributed by atoms with Crippen LogP contribution in [0.4, 0.5) is 4.79 Å². The summed E-state index contributed by atoms with van der Waals surface area (Å²) >= 11 is 0. The van der Waals surface area contributed by atoms with Crippen LogP contribution in [0, 0.1) is 11.3 Å². The van der Waals surface area contributed by atoms with Crippen LogP contribution in [0.5, 0.6) is 0 Å². The van der Waals surface area contributed by atoms with Crippen LogP contribution in [0.2, 0.25) is 0 Å². The summed E-state index contributed by atoms with van der Waals surface area (Å²) in [7, 11) is 0. The van der Waals surface area contributed by atoms with Crippen molar-refractivity contribution < 1.29 is 14.3 Å². The number of carbonyl (C=O) groups excluding carboxylic acids is 1. The van der Waals surface area contributed by atoms with Gasteiger partial charge in [0.25, 0.3) is 0 Å². The standard InChI is InChI=1S/C18H34O3/c1-7-17(4,5)14-10-12-15(13-11-14)20-16(19)21-18(6,8-2)9-3/h14-15H,7-13H2,1-6H3. The third kappa shape index (κ3) is 5.19. The maximum absolute atomic E-state index is 11.9. The molecule has 0 N–H and O–H groups in total. The molecule has 21 heavy (non-hydrogen) atoms. The van der Waals surface area contributed by atoms with Gasteiger partial charge in [0.15, 0.2) is 0 Å². The van der Waals surface area contributed by atoms with Gasteiger partial charge in [-0.15, -0.1) is 0 Å². The van der Waals surface area contributed by atoms with E-state index in [2.05, 4.69) is 20.8 Å². The minimum Gasteiger partial charge on any atom is -0.431 e. The van der Waals surface area contributed by atoms with Crippen molar-refractivity contribution in [2.45, 2.75) is 98.2 Å². The average molecular weight is 298 g/mol. The largest absolute Gasteiger partial charge is 0.509 e. The molecule has 0 aromatic rings. The van der Waals surface area contributed by atoms with Gasteiger partial charge in [0, 0.05) is 0 Å². The van der Waals surface area contributed by atoms with Gasteiger partial charge in [-0.1, -0.05) is 41.0 Å². The molecule has 0 bridgehead atoms. The number of hydrogen-bond acceptors (Lipinski definition) is 3. The number of ether oxygens (including phenoxy) is 2. The van der Waals surface area contributed by atoms with E-state index in [1.165, 1.54) is 6.42 Å². The molecule has 0 atom stereocenters. The van der Waals surface area contributed by atoms with Crippen molar-refractivity contribution in [1.29, 1.82) is 0 Å². The molecule has 0 aromatic carbocycles. The lowest BCUT2D eigenvalue weighted by molar-refractivity contribution is -0.0563. The van der Waals surface area contributed by atoms with Crippen LogP contribution >= 0.6 is 0 Å². The summed E-state index contributed by atoms with van der Waals surface area (Å²) in [5.41, 5.74) is 0.00690. The van der Waals surface area contributed by atoms with Crippen molar-refractivity contribution in [3.8, 4) is 0 Å². The highest BCUT2D eigenvalue weighted by Crippen LogP contribution is 2.41. The van der Waals surface area contributed by atoms with Crippen LogP contribution in [-0.4, -0.2) is 17.9 Å². The number of carbonyl (C=O) groups is 1. The Bertz CT molecular complexity index is 323. The molecule has 124 valence electrons. The fourth-order valence-corrected chi connectivity index (χ4v) is 3.01. The molecular weight excluding hydrogens is 264 g/mol. The molecule has 0 aliphatic heterocycles. The smallest absolute Gasteiger partial charge is 0.431 e. The molecular formula is C18H34O3. The summed E-state index contributed by atoms with van der Waals surface area (Å²) in [5.74, 6) is 0.745. The van der Waals surface area contributed by atoms with E-state index in [9.17, 15) is 4.79 Å². The molecule has 3 nitrogen and oxygen atoms in total. The fraction of sp³-hybridized carbons (Fsp3) is 0.944. The Morgan fingerprint density at radius 2 is 1.48 bits per heavy atom. The van der Waals surface area contributed by atoms with Crippen molar-refractivity contribution in [2.24, 2.45) is 11.3 Å². The van der Waals surface area contributed by atoms with Crippen LogP contribution in [-0.2, 0) is 9.47 Å². The summed E-state index contributed by atoms with van der Waals surface area (Å²) in [5, 5.41) is 0. The lowest BCUT2D eigenvalue weighted by atomic mass is 9.69. The highest BCUT2D eigenvalue weighted by molar-refractivity contribution is 5.60. The molecule has 1 rings (SSSR count). The van der Waals surface area contributed by atoms with Gasteiger partial charge in [-0.25, -0.2) is 4.79 Å². The van der Waals surface area contributed by atoms with E-state index in [1.807, 2.05) is 20.8 Å². The summed E-state index contributed by atoms with van der Waals surface area (Å²) in [4.78, 5) is 11.9. The number of hydrogen-bond donors (Lipinski definition) is 0. The molecule has 0 aromatic heterocycles. The van der Waals surface area contributed by atoms with Gasteiger partial charge in [-0.2, -0.15) is 0 Å². The molecule has 0 unspecified atom stereocenters. The second-order valence-electron chi connectivity index (χ2n) is 7.44. The van der Waals surface area contributed by atoms with Gasteiger partial charge in [-0.3, -0.25) is 0 Å². The van der Waals surface area contributed by atoms with Crippen LogP contribution < -0.4 is 0 Å². The van der Waals surface area contributed by atoms with E-state index >= 15 is 0 Å². The molecule has 0 spiro atoms. The van der Waals surface area contributed by atoms with Gasteiger partial charge in [0.05, 0.1) is 0 Å². The SMILES string of the molecule is CCC(C)(CC)OC(=O)OC1CCC(C(C)(C)CC)CC1. The highest BCUT2D eigenvalue weighted by Gasteiger charge is 2.34. The molecule has 0 amide bonds. The van der Waals surface area contributed by atoms with E-state index in [-0.39, 0.29) is 6.10 Å². The van der Waals surface area contributed by atoms with E-state index in [4.69, 9.17) is 9.47 Å². The zero-order valence-electron chi connectivity index (χ0n) is 14.8. The zero-order chi connectivity index (χ0) is 16.1. The molecule has 1 saturated carbocycles. The van der Waals surface area contributed by atoms with Crippen molar-refractivity contribution in [3.05, 3.63) is 0 Å². The Morgan fingerprint density at radius 3 is 1.90 bits per heavy atom. The van der Waals surface area contributed by atoms with Crippen molar-refractivity contribution in [3.63, 3.8) is 0 Å². The summed E-state index contributed by atoms with van der Waals surface area (Å²) in [6.07, 6.45) is 6.63. The minimum absolute atomic E-state index is 0.0411. The molecule has 1 aliphatic rings. The Morgan fingerprint density at radius 1 is 0.952 bits per heavy atom. The first-order valence-electron chi connectivity index (χ1n) is 8.66. The normalized spacial score (nSPS) is 23.7. The maximum Gasteiger partial charge on any atom is 0.509 e. The van der Waals surface area contributed by atoms with Crippen LogP contribution in [0.15, 0.2) is 0 Å². The first-order chi connectivity index (χ1) is 9.76. The first-order valence-corrected chi connectivity index (χ1v) is 8.66. The Labute approximate surface area is 130 Å². The molecule has 1 aliphatic carbocycles. The molecule has 3 heteroatoms. The van der Waals surface area contributed by atoms with Crippen LogP contribution in [0.1, 0.15) is 86.5 Å². The van der Waals surface area contributed by atoms with E-state index in [1.54, 1.807) is 0 Å². The second kappa shape index (κ2) is 7.51. The summed E-state index contributed by atoms with van der Waals surface area (Å²) in [6.45, 7) is 13.0. The van der Waals surface area contributed by atoms with Gasteiger partial charge >= 0.3 is 6.16 Å². The van der Waals surface area contributed by atoms with E-state index in [0.29, 0.717) is 5.41 Å². The van der Waals surface area contributed by atoms with Crippen molar-refractivity contribution in [2.75, 3.05) is 0 Å². The summed E-state index contributed by atoms with van der Waals surface area (Å²) in [6, 6.07) is 0. The van der Waals surface area contributed by atoms with Gasteiger partial charge < -0.3 is 9.47 Å². The summed E-state index contributed by atoms with van der Waals surface area (Å²) < 4.78 is 11.0. The predicted molar refractivity (Wildman–Crippen MR) is 86.4 cm³/mol. The predicted octanol–water partition coefficient (Wildman–Crippen LogP) is 5.71. The molecule has 0 radical (unpaired) electrons. The monoisotopic (exact) mass is 298 g/mol. The quantitative estimate of drug-likeness (QED) is 0.589. The van der Waals surface area contributed by atoms with Crippen LogP contribution in [0.3, 0.4) is 0 Å². The lowest BCUT2D eigenvalue weighted by Crippen LogP contribution is -2.35. The topological polar surface area (TPSA) is 35.5 Å². The van der Waals surface area contributed by atoms with Crippen molar-refractivity contribution >= 4 is 6.16 Å². The maximum atomic E-state index is 11.9. The molecule has 0 heterocycles. The highest BCUT2D eigenvalue weighted by atomic mass is 16.7. The van der Waals surface area contributed by atoms with E-state index < -0.39 is 11.8 Å². The average Bonchev–Trinajstić information content (AvgIpc) is 2.47. The minimum atomic E-state index is -0.487. The Hall–Kier alpha value is -0.730. The van der Waals surface area contributed by atoms with Crippen molar-refractivity contribution in [1.82, 2.24) is 0 Å². The second-order valence-corrected chi connectivity index (χ2v) is 7.44. The fourth-order valence-electron chi connectivity index (χ4n) is 3.01. The first kappa shape index (κ1) is 18.3. The van der Waals surface area contributed by atoms with Gasteiger partial charge in [0.1, 0.15) is 11.7 Å².